The predicted octanol–water partition coefficient (Wildman–Crippen LogP) is 1.26. The van der Waals surface area contributed by atoms with Crippen LogP contribution in [-0.4, -0.2) is 37.0 Å². The number of carbonyl (C=O) groups excluding carboxylic acids is 1. The van der Waals surface area contributed by atoms with E-state index in [4.69, 9.17) is 11.5 Å². The Bertz CT molecular complexity index is 480. The molecule has 5 N–H and O–H groups in total. The summed E-state index contributed by atoms with van der Waals surface area (Å²) >= 11 is 0. The third-order valence-corrected chi connectivity index (χ3v) is 4.15. The lowest BCUT2D eigenvalue weighted by molar-refractivity contribution is 0.0738. The highest BCUT2D eigenvalue weighted by molar-refractivity contribution is 5.99. The summed E-state index contributed by atoms with van der Waals surface area (Å²) in [6, 6.07) is 5.21. The molecule has 0 spiro atoms. The molecule has 1 aromatic rings. The molecule has 19 heavy (non-hydrogen) atoms. The van der Waals surface area contributed by atoms with Gasteiger partial charge in [0.25, 0.3) is 5.91 Å². The molecule has 0 saturated heterocycles. The van der Waals surface area contributed by atoms with E-state index in [1.54, 1.807) is 12.1 Å². The molecule has 1 aliphatic carbocycles. The number of hydrogen-bond donors (Lipinski definition) is 3. The molecule has 1 aromatic carbocycles. The second-order valence-electron chi connectivity index (χ2n) is 5.50. The molecule has 5 heteroatoms. The van der Waals surface area contributed by atoms with Crippen molar-refractivity contribution in [2.45, 2.75) is 24.8 Å². The molecule has 0 aromatic heterocycles. The third-order valence-electron chi connectivity index (χ3n) is 4.15. The summed E-state index contributed by atoms with van der Waals surface area (Å²) in [5.41, 5.74) is 13.0. The van der Waals surface area contributed by atoms with Crippen molar-refractivity contribution in [2.24, 2.45) is 5.73 Å². The van der Waals surface area contributed by atoms with E-state index >= 15 is 0 Å². The Morgan fingerprint density at radius 1 is 1.42 bits per heavy atom. The van der Waals surface area contributed by atoms with Gasteiger partial charge in [0, 0.05) is 23.5 Å². The van der Waals surface area contributed by atoms with Gasteiger partial charge in [-0.1, -0.05) is 0 Å². The quantitative estimate of drug-likeness (QED) is 0.698. The monoisotopic (exact) mass is 262 g/mol. The van der Waals surface area contributed by atoms with Crippen molar-refractivity contribution in [3.8, 4) is 0 Å². The number of hydrogen-bond acceptors (Lipinski definition) is 4. The second-order valence-corrected chi connectivity index (χ2v) is 5.50. The smallest absolute Gasteiger partial charge is 0.250 e. The van der Waals surface area contributed by atoms with Crippen LogP contribution in [0.2, 0.25) is 0 Å². The van der Waals surface area contributed by atoms with Crippen molar-refractivity contribution in [1.82, 2.24) is 4.90 Å². The number of rotatable bonds is 5. The van der Waals surface area contributed by atoms with Gasteiger partial charge in [-0.15, -0.1) is 0 Å². The van der Waals surface area contributed by atoms with Crippen LogP contribution < -0.4 is 16.8 Å². The van der Waals surface area contributed by atoms with Crippen LogP contribution in [0.25, 0.3) is 0 Å². The van der Waals surface area contributed by atoms with Crippen molar-refractivity contribution in [3.63, 3.8) is 0 Å². The normalized spacial score (nSPS) is 17.0. The molecule has 5 nitrogen and oxygen atoms in total. The molecule has 0 bridgehead atoms. The van der Waals surface area contributed by atoms with Crippen molar-refractivity contribution in [3.05, 3.63) is 23.8 Å². The summed E-state index contributed by atoms with van der Waals surface area (Å²) in [6.45, 7) is 0.810. The Balaban J connectivity index is 2.13. The number of likely N-dealkylation sites (N-methyl/N-ethyl adjacent to an activating group) is 1. The SMILES string of the molecule is CN(C)C1(CNc2ccc(N)cc2C(N)=O)CCC1. The molecule has 1 saturated carbocycles. The number of nitrogens with one attached hydrogen (secondary N) is 1. The lowest BCUT2D eigenvalue weighted by Crippen LogP contribution is -2.54. The molecule has 104 valence electrons. The summed E-state index contributed by atoms with van der Waals surface area (Å²) in [6.07, 6.45) is 3.60. The highest BCUT2D eigenvalue weighted by Crippen LogP contribution is 2.36. The topological polar surface area (TPSA) is 84.4 Å². The molecule has 0 unspecified atom stereocenters. The molecule has 1 fully saturated rings. The number of nitrogens with two attached hydrogens (primary N) is 2. The molecule has 2 rings (SSSR count). The summed E-state index contributed by atoms with van der Waals surface area (Å²) in [5, 5.41) is 3.35. The highest BCUT2D eigenvalue weighted by Gasteiger charge is 2.38. The van der Waals surface area contributed by atoms with Gasteiger partial charge in [0.05, 0.1) is 5.56 Å². The zero-order chi connectivity index (χ0) is 14.0. The second kappa shape index (κ2) is 5.09. The Morgan fingerprint density at radius 3 is 2.58 bits per heavy atom. The van der Waals surface area contributed by atoms with Crippen LogP contribution in [0.15, 0.2) is 18.2 Å². The Kier molecular flexibility index (Phi) is 3.66. The van der Waals surface area contributed by atoms with Gasteiger partial charge in [0.1, 0.15) is 0 Å². The molecule has 0 radical (unpaired) electrons. The summed E-state index contributed by atoms with van der Waals surface area (Å²) in [4.78, 5) is 13.7. The Morgan fingerprint density at radius 2 is 2.11 bits per heavy atom. The Labute approximate surface area is 113 Å². The first-order valence-electron chi connectivity index (χ1n) is 6.55. The van der Waals surface area contributed by atoms with Gasteiger partial charge in [-0.25, -0.2) is 0 Å². The maximum absolute atomic E-state index is 11.4. The van der Waals surface area contributed by atoms with E-state index in [1.165, 1.54) is 19.3 Å². The maximum atomic E-state index is 11.4. The van der Waals surface area contributed by atoms with Crippen LogP contribution in [0.1, 0.15) is 29.6 Å². The van der Waals surface area contributed by atoms with Gasteiger partial charge < -0.3 is 21.7 Å². The zero-order valence-corrected chi connectivity index (χ0v) is 11.6. The average molecular weight is 262 g/mol. The van der Waals surface area contributed by atoms with E-state index in [2.05, 4.69) is 24.3 Å². The van der Waals surface area contributed by atoms with Gasteiger partial charge in [-0.05, 0) is 51.6 Å². The van der Waals surface area contributed by atoms with Crippen LogP contribution in [0.5, 0.6) is 0 Å². The van der Waals surface area contributed by atoms with E-state index in [1.807, 2.05) is 6.07 Å². The summed E-state index contributed by atoms with van der Waals surface area (Å²) in [7, 11) is 4.19. The van der Waals surface area contributed by atoms with E-state index in [0.717, 1.165) is 12.2 Å². The van der Waals surface area contributed by atoms with Gasteiger partial charge in [-0.3, -0.25) is 4.79 Å². The van der Waals surface area contributed by atoms with Gasteiger partial charge in [0.2, 0.25) is 0 Å². The first-order valence-corrected chi connectivity index (χ1v) is 6.55. The standard InChI is InChI=1S/C14H22N4O/c1-18(2)14(6-3-7-14)9-17-12-5-4-10(15)8-11(12)13(16)19/h4-5,8,17H,3,6-7,9,15H2,1-2H3,(H2,16,19). The molecule has 1 amide bonds. The number of nitrogen functional groups attached to an aromatic ring is 1. The third kappa shape index (κ3) is 2.66. The fourth-order valence-corrected chi connectivity index (χ4v) is 2.55. The van der Waals surface area contributed by atoms with Gasteiger partial charge >= 0.3 is 0 Å². The van der Waals surface area contributed by atoms with Crippen LogP contribution in [0.4, 0.5) is 11.4 Å². The van der Waals surface area contributed by atoms with Crippen LogP contribution in [0, 0.1) is 0 Å². The fourth-order valence-electron chi connectivity index (χ4n) is 2.55. The maximum Gasteiger partial charge on any atom is 0.250 e. The van der Waals surface area contributed by atoms with Crippen molar-refractivity contribution in [2.75, 3.05) is 31.7 Å². The fraction of sp³-hybridized carbons (Fsp3) is 0.500. The number of benzene rings is 1. The van der Waals surface area contributed by atoms with E-state index in [9.17, 15) is 4.79 Å². The molecule has 0 atom stereocenters. The number of anilines is 2. The molecule has 1 aliphatic rings. The first-order chi connectivity index (χ1) is 8.94. The van der Waals surface area contributed by atoms with Crippen molar-refractivity contribution >= 4 is 17.3 Å². The van der Waals surface area contributed by atoms with E-state index < -0.39 is 5.91 Å². The minimum absolute atomic E-state index is 0.191. The van der Waals surface area contributed by atoms with Gasteiger partial charge in [-0.2, -0.15) is 0 Å². The van der Waals surface area contributed by atoms with Crippen molar-refractivity contribution in [1.29, 1.82) is 0 Å². The molecule has 0 heterocycles. The minimum atomic E-state index is -0.456. The largest absolute Gasteiger partial charge is 0.399 e. The van der Waals surface area contributed by atoms with Crippen LogP contribution in [-0.2, 0) is 0 Å². The molecule has 0 aliphatic heterocycles. The first kappa shape index (κ1) is 13.7. The number of carbonyl (C=O) groups is 1. The molecular formula is C14H22N4O. The summed E-state index contributed by atoms with van der Waals surface area (Å²) in [5.74, 6) is -0.456. The lowest BCUT2D eigenvalue weighted by atomic mass is 9.75. The van der Waals surface area contributed by atoms with E-state index in [-0.39, 0.29) is 5.54 Å². The zero-order valence-electron chi connectivity index (χ0n) is 11.6. The van der Waals surface area contributed by atoms with E-state index in [0.29, 0.717) is 11.3 Å². The average Bonchev–Trinajstić information content (AvgIpc) is 2.28. The number of nitrogens with zero attached hydrogens (tertiary/aromatic N) is 1. The highest BCUT2D eigenvalue weighted by atomic mass is 16.1. The lowest BCUT2D eigenvalue weighted by Gasteiger charge is -2.47. The van der Waals surface area contributed by atoms with Crippen molar-refractivity contribution < 1.29 is 4.79 Å². The van der Waals surface area contributed by atoms with Crippen LogP contribution in [0.3, 0.4) is 0 Å². The summed E-state index contributed by atoms with van der Waals surface area (Å²) < 4.78 is 0. The number of amides is 1. The number of primary amides is 1. The van der Waals surface area contributed by atoms with Gasteiger partial charge in [0.15, 0.2) is 0 Å². The minimum Gasteiger partial charge on any atom is -0.399 e. The van der Waals surface area contributed by atoms with Crippen LogP contribution >= 0.6 is 0 Å². The molecular weight excluding hydrogens is 240 g/mol. The predicted molar refractivity (Wildman–Crippen MR) is 78.1 cm³/mol. The Hall–Kier alpha value is -1.75.